The van der Waals surface area contributed by atoms with E-state index in [4.69, 9.17) is 0 Å². The summed E-state index contributed by atoms with van der Waals surface area (Å²) >= 11 is 0. The van der Waals surface area contributed by atoms with Crippen molar-refractivity contribution in [2.24, 2.45) is 0 Å². The van der Waals surface area contributed by atoms with E-state index in [-0.39, 0.29) is 17.9 Å². The fourth-order valence-corrected chi connectivity index (χ4v) is 2.69. The molecule has 3 aromatic rings. The molecule has 0 spiro atoms. The van der Waals surface area contributed by atoms with E-state index in [2.05, 4.69) is 20.7 Å². The van der Waals surface area contributed by atoms with Crippen molar-refractivity contribution in [2.45, 2.75) is 26.4 Å². The maximum atomic E-state index is 12.4. The molecule has 7 heteroatoms. The molecule has 0 saturated heterocycles. The van der Waals surface area contributed by atoms with Gasteiger partial charge in [-0.1, -0.05) is 12.1 Å². The number of carbonyl (C=O) groups is 2. The molecule has 0 unspecified atom stereocenters. The molecule has 3 rings (SSSR count). The molecule has 0 atom stereocenters. The van der Waals surface area contributed by atoms with Crippen LogP contribution in [-0.4, -0.2) is 33.6 Å². The number of benzene rings is 1. The van der Waals surface area contributed by atoms with E-state index in [1.165, 1.54) is 0 Å². The van der Waals surface area contributed by atoms with Gasteiger partial charge in [0.2, 0.25) is 0 Å². The van der Waals surface area contributed by atoms with E-state index in [0.29, 0.717) is 17.7 Å². The van der Waals surface area contributed by atoms with Crippen molar-refractivity contribution in [1.29, 1.82) is 0 Å². The minimum absolute atomic E-state index is 0.157. The van der Waals surface area contributed by atoms with Gasteiger partial charge in [-0.15, -0.1) is 0 Å². The number of pyridine rings is 1. The summed E-state index contributed by atoms with van der Waals surface area (Å²) in [5, 5.41) is 10.6. The first-order chi connectivity index (χ1) is 12.5. The molecule has 0 bridgehead atoms. The summed E-state index contributed by atoms with van der Waals surface area (Å²) in [5.74, 6) is -0.378. The normalized spacial score (nSPS) is 10.9. The van der Waals surface area contributed by atoms with Crippen LogP contribution in [0, 0.1) is 0 Å². The van der Waals surface area contributed by atoms with Crippen molar-refractivity contribution in [3.8, 4) is 0 Å². The Kier molecular flexibility index (Phi) is 4.97. The van der Waals surface area contributed by atoms with Crippen molar-refractivity contribution in [3.63, 3.8) is 0 Å². The Hall–Kier alpha value is -3.22. The third-order valence-corrected chi connectivity index (χ3v) is 4.05. The summed E-state index contributed by atoms with van der Waals surface area (Å²) < 4.78 is 1.82. The quantitative estimate of drug-likeness (QED) is 0.738. The van der Waals surface area contributed by atoms with E-state index in [0.717, 1.165) is 16.6 Å². The second kappa shape index (κ2) is 7.35. The first kappa shape index (κ1) is 17.6. The lowest BCUT2D eigenvalue weighted by atomic mass is 10.1. The second-order valence-electron chi connectivity index (χ2n) is 6.28. The minimum atomic E-state index is -0.220. The Balaban J connectivity index is 1.72. The summed E-state index contributed by atoms with van der Waals surface area (Å²) in [6.45, 7) is 4.39. The maximum absolute atomic E-state index is 12.4. The highest BCUT2D eigenvalue weighted by Crippen LogP contribution is 2.16. The monoisotopic (exact) mass is 351 g/mol. The van der Waals surface area contributed by atoms with E-state index in [1.807, 2.05) is 24.6 Å². The number of hydrogen-bond donors (Lipinski definition) is 2. The number of amides is 2. The first-order valence-electron chi connectivity index (χ1n) is 8.42. The van der Waals surface area contributed by atoms with Gasteiger partial charge in [-0.2, -0.15) is 5.10 Å². The third kappa shape index (κ3) is 3.56. The standard InChI is InChI=1S/C19H21N5O2/c1-12(2)24-17-15(11-23-24)8-16(10-21-17)19(26)22-9-13-5-4-6-14(7-13)18(25)20-3/h4-8,10-12H,9H2,1-3H3,(H,20,25)(H,22,26). The van der Waals surface area contributed by atoms with Gasteiger partial charge < -0.3 is 10.6 Å². The molecular weight excluding hydrogens is 330 g/mol. The zero-order chi connectivity index (χ0) is 18.7. The van der Waals surface area contributed by atoms with Gasteiger partial charge in [0.15, 0.2) is 5.65 Å². The highest BCUT2D eigenvalue weighted by atomic mass is 16.2. The second-order valence-corrected chi connectivity index (χ2v) is 6.28. The van der Waals surface area contributed by atoms with Crippen molar-refractivity contribution >= 4 is 22.8 Å². The Morgan fingerprint density at radius 3 is 2.65 bits per heavy atom. The molecule has 0 aliphatic rings. The van der Waals surface area contributed by atoms with Gasteiger partial charge in [0.25, 0.3) is 11.8 Å². The van der Waals surface area contributed by atoms with E-state index >= 15 is 0 Å². The predicted octanol–water partition coefficient (Wildman–Crippen LogP) is 2.30. The van der Waals surface area contributed by atoms with Gasteiger partial charge in [0.05, 0.1) is 11.8 Å². The average Bonchev–Trinajstić information content (AvgIpc) is 3.09. The molecule has 0 aliphatic carbocycles. The summed E-state index contributed by atoms with van der Waals surface area (Å²) in [6, 6.07) is 9.12. The SMILES string of the molecule is CNC(=O)c1cccc(CNC(=O)c2cnc3c(cnn3C(C)C)c2)c1. The first-order valence-corrected chi connectivity index (χ1v) is 8.42. The van der Waals surface area contributed by atoms with Gasteiger partial charge in [-0.3, -0.25) is 9.59 Å². The molecule has 7 nitrogen and oxygen atoms in total. The minimum Gasteiger partial charge on any atom is -0.355 e. The summed E-state index contributed by atoms with van der Waals surface area (Å²) in [5.41, 5.74) is 2.64. The Labute approximate surface area is 151 Å². The number of rotatable bonds is 5. The van der Waals surface area contributed by atoms with Crippen molar-refractivity contribution in [1.82, 2.24) is 25.4 Å². The molecule has 26 heavy (non-hydrogen) atoms. The highest BCUT2D eigenvalue weighted by Gasteiger charge is 2.12. The highest BCUT2D eigenvalue weighted by molar-refractivity contribution is 5.97. The Morgan fingerprint density at radius 2 is 1.92 bits per heavy atom. The molecule has 0 fully saturated rings. The molecule has 2 N–H and O–H groups in total. The Morgan fingerprint density at radius 1 is 1.12 bits per heavy atom. The molecule has 0 radical (unpaired) electrons. The van der Waals surface area contributed by atoms with Crippen LogP contribution in [0.3, 0.4) is 0 Å². The molecule has 1 aromatic carbocycles. The third-order valence-electron chi connectivity index (χ3n) is 4.05. The Bertz CT molecular complexity index is 961. The van der Waals surface area contributed by atoms with E-state index < -0.39 is 0 Å². The van der Waals surface area contributed by atoms with Gasteiger partial charge in [-0.25, -0.2) is 9.67 Å². The number of nitrogens with one attached hydrogen (secondary N) is 2. The van der Waals surface area contributed by atoms with Crippen LogP contribution in [0.1, 0.15) is 46.2 Å². The largest absolute Gasteiger partial charge is 0.355 e. The molecular formula is C19H21N5O2. The van der Waals surface area contributed by atoms with Crippen LogP contribution >= 0.6 is 0 Å². The summed E-state index contributed by atoms with van der Waals surface area (Å²) in [7, 11) is 1.58. The van der Waals surface area contributed by atoms with Crippen molar-refractivity contribution in [3.05, 3.63) is 59.4 Å². The van der Waals surface area contributed by atoms with E-state index in [1.54, 1.807) is 43.7 Å². The number of nitrogens with zero attached hydrogens (tertiary/aromatic N) is 3. The number of fused-ring (bicyclic) bond motifs is 1. The van der Waals surface area contributed by atoms with Crippen molar-refractivity contribution in [2.75, 3.05) is 7.05 Å². The molecule has 2 amide bonds. The van der Waals surface area contributed by atoms with Crippen LogP contribution in [0.15, 0.2) is 42.7 Å². The molecule has 2 aromatic heterocycles. The molecule has 0 saturated carbocycles. The van der Waals surface area contributed by atoms with Gasteiger partial charge in [-0.05, 0) is 37.6 Å². The lowest BCUT2D eigenvalue weighted by Crippen LogP contribution is -2.23. The predicted molar refractivity (Wildman–Crippen MR) is 98.9 cm³/mol. The van der Waals surface area contributed by atoms with Crippen molar-refractivity contribution < 1.29 is 9.59 Å². The summed E-state index contributed by atoms with van der Waals surface area (Å²) in [6.07, 6.45) is 3.27. The summed E-state index contributed by atoms with van der Waals surface area (Å²) in [4.78, 5) is 28.5. The van der Waals surface area contributed by atoms with Gasteiger partial charge in [0, 0.05) is 36.8 Å². The number of hydrogen-bond acceptors (Lipinski definition) is 4. The van der Waals surface area contributed by atoms with Crippen LogP contribution in [0.2, 0.25) is 0 Å². The van der Waals surface area contributed by atoms with Crippen LogP contribution in [0.5, 0.6) is 0 Å². The zero-order valence-electron chi connectivity index (χ0n) is 15.0. The maximum Gasteiger partial charge on any atom is 0.253 e. The van der Waals surface area contributed by atoms with E-state index in [9.17, 15) is 9.59 Å². The fraction of sp³-hybridized carbons (Fsp3) is 0.263. The van der Waals surface area contributed by atoms with Crippen LogP contribution in [0.4, 0.5) is 0 Å². The fourth-order valence-electron chi connectivity index (χ4n) is 2.69. The van der Waals surface area contributed by atoms with Gasteiger partial charge in [0.1, 0.15) is 0 Å². The van der Waals surface area contributed by atoms with Crippen LogP contribution in [-0.2, 0) is 6.54 Å². The lowest BCUT2D eigenvalue weighted by molar-refractivity contribution is 0.0948. The van der Waals surface area contributed by atoms with Crippen LogP contribution < -0.4 is 10.6 Å². The molecule has 134 valence electrons. The molecule has 2 heterocycles. The zero-order valence-corrected chi connectivity index (χ0v) is 15.0. The number of aromatic nitrogens is 3. The smallest absolute Gasteiger partial charge is 0.253 e. The average molecular weight is 351 g/mol. The van der Waals surface area contributed by atoms with Crippen LogP contribution in [0.25, 0.3) is 11.0 Å². The number of carbonyl (C=O) groups excluding carboxylic acids is 2. The topological polar surface area (TPSA) is 88.9 Å². The lowest BCUT2D eigenvalue weighted by Gasteiger charge is -2.08. The van der Waals surface area contributed by atoms with Gasteiger partial charge >= 0.3 is 0 Å². The molecule has 0 aliphatic heterocycles.